The minimum Gasteiger partial charge on any atom is -0.320 e. The molecule has 2 aromatic rings. The molecule has 2 aromatic heterocycles. The highest BCUT2D eigenvalue weighted by Crippen LogP contribution is 2.09. The van der Waals surface area contributed by atoms with Gasteiger partial charge in [-0.15, -0.1) is 0 Å². The van der Waals surface area contributed by atoms with Gasteiger partial charge in [-0.3, -0.25) is 9.78 Å². The maximum atomic E-state index is 11.7. The summed E-state index contributed by atoms with van der Waals surface area (Å²) in [5.41, 5.74) is 2.14. The third-order valence-corrected chi connectivity index (χ3v) is 2.02. The summed E-state index contributed by atoms with van der Waals surface area (Å²) in [4.78, 5) is 15.7. The lowest BCUT2D eigenvalue weighted by molar-refractivity contribution is 0.101. The molecule has 2 rings (SSSR count). The minimum absolute atomic E-state index is 0.189. The molecule has 0 bridgehead atoms. The molecular formula is C10H10N4O2. The standard InChI is InChI=1S/C10H10N4O2/c1-6-5-8(3-4-11-6)12-10(15)9-7(2)13-16-14-9/h3-5H,1-2H3,(H,11,12,15). The Kier molecular flexibility index (Phi) is 2.63. The number of carbonyl (C=O) groups is 1. The van der Waals surface area contributed by atoms with E-state index in [-0.39, 0.29) is 11.6 Å². The van der Waals surface area contributed by atoms with Gasteiger partial charge in [0.15, 0.2) is 5.69 Å². The van der Waals surface area contributed by atoms with Crippen molar-refractivity contribution in [2.24, 2.45) is 0 Å². The van der Waals surface area contributed by atoms with Crippen LogP contribution in [0.3, 0.4) is 0 Å². The van der Waals surface area contributed by atoms with Crippen molar-refractivity contribution in [2.45, 2.75) is 13.8 Å². The van der Waals surface area contributed by atoms with Gasteiger partial charge in [-0.2, -0.15) is 0 Å². The molecule has 6 nitrogen and oxygen atoms in total. The van der Waals surface area contributed by atoms with Crippen LogP contribution in [0.5, 0.6) is 0 Å². The van der Waals surface area contributed by atoms with E-state index >= 15 is 0 Å². The van der Waals surface area contributed by atoms with Crippen LogP contribution in [-0.2, 0) is 0 Å². The number of hydrogen-bond acceptors (Lipinski definition) is 5. The maximum absolute atomic E-state index is 11.7. The van der Waals surface area contributed by atoms with E-state index in [9.17, 15) is 4.79 Å². The molecular weight excluding hydrogens is 208 g/mol. The number of aryl methyl sites for hydroxylation is 2. The third kappa shape index (κ3) is 2.05. The Balaban J connectivity index is 2.17. The number of aromatic nitrogens is 3. The van der Waals surface area contributed by atoms with Gasteiger partial charge in [0.1, 0.15) is 5.69 Å². The number of pyridine rings is 1. The molecule has 1 amide bonds. The SMILES string of the molecule is Cc1cc(NC(=O)c2nonc2C)ccn1. The predicted octanol–water partition coefficient (Wildman–Crippen LogP) is 1.33. The number of nitrogens with one attached hydrogen (secondary N) is 1. The molecule has 0 atom stereocenters. The molecule has 0 aliphatic carbocycles. The number of carbonyl (C=O) groups excluding carboxylic acids is 1. The van der Waals surface area contributed by atoms with Crippen LogP contribution in [0.15, 0.2) is 23.0 Å². The molecule has 0 saturated carbocycles. The van der Waals surface area contributed by atoms with Crippen LogP contribution in [0.1, 0.15) is 21.9 Å². The highest BCUT2D eigenvalue weighted by Gasteiger charge is 2.14. The molecule has 0 aliphatic rings. The van der Waals surface area contributed by atoms with Crippen molar-refractivity contribution < 1.29 is 9.42 Å². The normalized spacial score (nSPS) is 10.1. The average Bonchev–Trinajstić information content (AvgIpc) is 2.64. The molecule has 0 spiro atoms. The molecule has 2 heterocycles. The van der Waals surface area contributed by atoms with Gasteiger partial charge < -0.3 is 5.32 Å². The van der Waals surface area contributed by atoms with Crippen molar-refractivity contribution in [1.29, 1.82) is 0 Å². The lowest BCUT2D eigenvalue weighted by Gasteiger charge is -2.02. The van der Waals surface area contributed by atoms with Gasteiger partial charge in [0.2, 0.25) is 0 Å². The van der Waals surface area contributed by atoms with E-state index in [1.165, 1.54) is 0 Å². The second-order valence-corrected chi connectivity index (χ2v) is 3.34. The van der Waals surface area contributed by atoms with E-state index in [0.717, 1.165) is 5.69 Å². The first-order valence-corrected chi connectivity index (χ1v) is 4.70. The van der Waals surface area contributed by atoms with Crippen LogP contribution in [0.4, 0.5) is 5.69 Å². The van der Waals surface area contributed by atoms with E-state index in [4.69, 9.17) is 0 Å². The van der Waals surface area contributed by atoms with Crippen molar-refractivity contribution in [3.05, 3.63) is 35.4 Å². The van der Waals surface area contributed by atoms with Gasteiger partial charge in [-0.25, -0.2) is 4.63 Å². The van der Waals surface area contributed by atoms with Crippen molar-refractivity contribution in [2.75, 3.05) is 5.32 Å². The molecule has 0 saturated heterocycles. The Morgan fingerprint density at radius 3 is 2.81 bits per heavy atom. The Labute approximate surface area is 91.7 Å². The highest BCUT2D eigenvalue weighted by atomic mass is 16.6. The topological polar surface area (TPSA) is 80.9 Å². The highest BCUT2D eigenvalue weighted by molar-refractivity contribution is 6.03. The van der Waals surface area contributed by atoms with Crippen LogP contribution in [0, 0.1) is 13.8 Å². The van der Waals surface area contributed by atoms with Gasteiger partial charge in [0, 0.05) is 17.6 Å². The first-order chi connectivity index (χ1) is 7.66. The number of anilines is 1. The summed E-state index contributed by atoms with van der Waals surface area (Å²) in [6.07, 6.45) is 1.62. The smallest absolute Gasteiger partial charge is 0.279 e. The fourth-order valence-corrected chi connectivity index (χ4v) is 1.25. The molecule has 6 heteroatoms. The number of hydrogen-bond donors (Lipinski definition) is 1. The first kappa shape index (κ1) is 10.3. The lowest BCUT2D eigenvalue weighted by Crippen LogP contribution is -2.13. The van der Waals surface area contributed by atoms with Gasteiger partial charge in [0.25, 0.3) is 5.91 Å². The summed E-state index contributed by atoms with van der Waals surface area (Å²) in [7, 11) is 0. The summed E-state index contributed by atoms with van der Waals surface area (Å²) in [6.45, 7) is 3.50. The van der Waals surface area contributed by atoms with Crippen LogP contribution in [-0.4, -0.2) is 21.2 Å². The lowest BCUT2D eigenvalue weighted by atomic mass is 10.3. The summed E-state index contributed by atoms with van der Waals surface area (Å²) in [5.74, 6) is -0.343. The largest absolute Gasteiger partial charge is 0.320 e. The van der Waals surface area contributed by atoms with Gasteiger partial charge >= 0.3 is 0 Å². The molecule has 0 aromatic carbocycles. The quantitative estimate of drug-likeness (QED) is 0.822. The Bertz CT molecular complexity index is 521. The van der Waals surface area contributed by atoms with Crippen molar-refractivity contribution in [3.63, 3.8) is 0 Å². The molecule has 1 N–H and O–H groups in total. The fourth-order valence-electron chi connectivity index (χ4n) is 1.25. The van der Waals surface area contributed by atoms with Gasteiger partial charge in [-0.1, -0.05) is 5.16 Å². The van der Waals surface area contributed by atoms with Crippen molar-refractivity contribution in [3.8, 4) is 0 Å². The van der Waals surface area contributed by atoms with Crippen LogP contribution >= 0.6 is 0 Å². The minimum atomic E-state index is -0.343. The van der Waals surface area contributed by atoms with Crippen molar-refractivity contribution >= 4 is 11.6 Å². The Morgan fingerprint density at radius 1 is 1.38 bits per heavy atom. The van der Waals surface area contributed by atoms with Crippen LogP contribution < -0.4 is 5.32 Å². The number of rotatable bonds is 2. The Morgan fingerprint density at radius 2 is 2.19 bits per heavy atom. The summed E-state index contributed by atoms with van der Waals surface area (Å²) >= 11 is 0. The zero-order valence-electron chi connectivity index (χ0n) is 8.89. The average molecular weight is 218 g/mol. The second kappa shape index (κ2) is 4.09. The van der Waals surface area contributed by atoms with Crippen molar-refractivity contribution in [1.82, 2.24) is 15.3 Å². The third-order valence-electron chi connectivity index (χ3n) is 2.02. The van der Waals surface area contributed by atoms with E-state index in [0.29, 0.717) is 11.4 Å². The number of nitrogens with zero attached hydrogens (tertiary/aromatic N) is 3. The zero-order valence-corrected chi connectivity index (χ0v) is 8.89. The molecule has 16 heavy (non-hydrogen) atoms. The van der Waals surface area contributed by atoms with E-state index in [1.54, 1.807) is 25.3 Å². The van der Waals surface area contributed by atoms with E-state index in [2.05, 4.69) is 25.2 Å². The number of amides is 1. The van der Waals surface area contributed by atoms with E-state index in [1.807, 2.05) is 6.92 Å². The van der Waals surface area contributed by atoms with Gasteiger partial charge in [0.05, 0.1) is 0 Å². The van der Waals surface area contributed by atoms with Gasteiger partial charge in [-0.05, 0) is 31.1 Å². The first-order valence-electron chi connectivity index (χ1n) is 4.70. The predicted molar refractivity (Wildman–Crippen MR) is 56.0 cm³/mol. The summed E-state index contributed by atoms with van der Waals surface area (Å²) in [6, 6.07) is 3.47. The fraction of sp³-hybridized carbons (Fsp3) is 0.200. The Hall–Kier alpha value is -2.24. The zero-order chi connectivity index (χ0) is 11.5. The maximum Gasteiger partial charge on any atom is 0.279 e. The molecule has 0 radical (unpaired) electrons. The second-order valence-electron chi connectivity index (χ2n) is 3.34. The monoisotopic (exact) mass is 218 g/mol. The summed E-state index contributed by atoms with van der Waals surface area (Å²) < 4.78 is 4.45. The van der Waals surface area contributed by atoms with E-state index < -0.39 is 0 Å². The molecule has 0 fully saturated rings. The summed E-state index contributed by atoms with van der Waals surface area (Å²) in [5, 5.41) is 9.74. The molecule has 0 aliphatic heterocycles. The van der Waals surface area contributed by atoms with Crippen LogP contribution in [0.25, 0.3) is 0 Å². The molecule has 0 unspecified atom stereocenters. The molecule has 82 valence electrons. The van der Waals surface area contributed by atoms with Crippen LogP contribution in [0.2, 0.25) is 0 Å².